The number of halogens is 3. The standard InChI is InChI=1S/C13H11BrF2N2O2S/c14-9-3-1-8(2-4-9)6-18-11(21-7-12(19)20)5-10(17-18)13(15)16/h1-5,13H,6-7H2,(H,19,20). The second-order valence-electron chi connectivity index (χ2n) is 4.17. The van der Waals surface area contributed by atoms with Crippen LogP contribution >= 0.6 is 27.7 Å². The van der Waals surface area contributed by atoms with E-state index < -0.39 is 12.4 Å². The number of nitrogens with zero attached hydrogens (tertiary/aromatic N) is 2. The molecular weight excluding hydrogens is 366 g/mol. The molecule has 21 heavy (non-hydrogen) atoms. The molecule has 0 fully saturated rings. The fourth-order valence-electron chi connectivity index (χ4n) is 1.65. The number of carbonyl (C=O) groups is 1. The highest BCUT2D eigenvalue weighted by Crippen LogP contribution is 2.26. The third kappa shape index (κ3) is 4.53. The second-order valence-corrected chi connectivity index (χ2v) is 6.09. The van der Waals surface area contributed by atoms with Crippen LogP contribution in [0.5, 0.6) is 0 Å². The van der Waals surface area contributed by atoms with Crippen molar-refractivity contribution in [1.82, 2.24) is 9.78 Å². The Morgan fingerprint density at radius 2 is 2.05 bits per heavy atom. The number of alkyl halides is 2. The molecule has 0 spiro atoms. The van der Waals surface area contributed by atoms with E-state index >= 15 is 0 Å². The van der Waals surface area contributed by atoms with Crippen LogP contribution in [0.3, 0.4) is 0 Å². The van der Waals surface area contributed by atoms with E-state index in [1.165, 1.54) is 10.7 Å². The topological polar surface area (TPSA) is 55.1 Å². The van der Waals surface area contributed by atoms with Crippen molar-refractivity contribution in [3.8, 4) is 0 Å². The molecule has 0 bridgehead atoms. The molecule has 1 aromatic carbocycles. The first-order valence-electron chi connectivity index (χ1n) is 5.90. The molecule has 0 aliphatic carbocycles. The number of aliphatic carboxylic acids is 1. The van der Waals surface area contributed by atoms with Crippen LogP contribution in [0.15, 0.2) is 39.8 Å². The summed E-state index contributed by atoms with van der Waals surface area (Å²) in [4.78, 5) is 10.6. The quantitative estimate of drug-likeness (QED) is 0.778. The SMILES string of the molecule is O=C(O)CSc1cc(C(F)F)nn1Cc1ccc(Br)cc1. The fraction of sp³-hybridized carbons (Fsp3) is 0.231. The van der Waals surface area contributed by atoms with Crippen LogP contribution in [0.25, 0.3) is 0 Å². The van der Waals surface area contributed by atoms with Gasteiger partial charge in [-0.3, -0.25) is 9.48 Å². The van der Waals surface area contributed by atoms with Gasteiger partial charge in [-0.15, -0.1) is 0 Å². The van der Waals surface area contributed by atoms with Gasteiger partial charge < -0.3 is 5.11 Å². The van der Waals surface area contributed by atoms with Gasteiger partial charge in [0.25, 0.3) is 6.43 Å². The van der Waals surface area contributed by atoms with E-state index in [9.17, 15) is 13.6 Å². The van der Waals surface area contributed by atoms with Gasteiger partial charge in [-0.05, 0) is 23.8 Å². The fourth-order valence-corrected chi connectivity index (χ4v) is 2.65. The van der Waals surface area contributed by atoms with E-state index in [4.69, 9.17) is 5.11 Å². The van der Waals surface area contributed by atoms with E-state index in [0.29, 0.717) is 11.6 Å². The van der Waals surface area contributed by atoms with Crippen molar-refractivity contribution < 1.29 is 18.7 Å². The van der Waals surface area contributed by atoms with E-state index in [1.54, 1.807) is 0 Å². The zero-order valence-corrected chi connectivity index (χ0v) is 13.1. The zero-order chi connectivity index (χ0) is 15.4. The van der Waals surface area contributed by atoms with Crippen molar-refractivity contribution >= 4 is 33.7 Å². The molecule has 2 aromatic rings. The van der Waals surface area contributed by atoms with Gasteiger partial charge in [0.1, 0.15) is 5.69 Å². The number of aromatic nitrogens is 2. The van der Waals surface area contributed by atoms with Gasteiger partial charge in [-0.25, -0.2) is 8.78 Å². The van der Waals surface area contributed by atoms with Gasteiger partial charge in [-0.2, -0.15) is 5.10 Å². The Hall–Kier alpha value is -1.41. The minimum Gasteiger partial charge on any atom is -0.481 e. The van der Waals surface area contributed by atoms with Gasteiger partial charge in [-0.1, -0.05) is 39.8 Å². The highest BCUT2D eigenvalue weighted by molar-refractivity contribution is 9.10. The zero-order valence-electron chi connectivity index (χ0n) is 10.7. The maximum atomic E-state index is 12.7. The summed E-state index contributed by atoms with van der Waals surface area (Å²) in [6.07, 6.45) is -2.68. The molecule has 2 rings (SSSR count). The summed E-state index contributed by atoms with van der Waals surface area (Å²) in [5.74, 6) is -1.20. The van der Waals surface area contributed by atoms with Gasteiger partial charge in [0, 0.05) is 4.47 Å². The number of rotatable bonds is 6. The molecule has 0 unspecified atom stereocenters. The molecule has 0 radical (unpaired) electrons. The molecule has 8 heteroatoms. The smallest absolute Gasteiger partial charge is 0.313 e. The monoisotopic (exact) mass is 376 g/mol. The van der Waals surface area contributed by atoms with Crippen molar-refractivity contribution in [2.45, 2.75) is 18.0 Å². The molecule has 1 N–H and O–H groups in total. The average molecular weight is 377 g/mol. The lowest BCUT2D eigenvalue weighted by atomic mass is 10.2. The van der Waals surface area contributed by atoms with Crippen LogP contribution in [-0.2, 0) is 11.3 Å². The van der Waals surface area contributed by atoms with Crippen molar-refractivity contribution in [3.63, 3.8) is 0 Å². The van der Waals surface area contributed by atoms with Crippen molar-refractivity contribution in [2.75, 3.05) is 5.75 Å². The normalized spacial score (nSPS) is 11.0. The highest BCUT2D eigenvalue weighted by atomic mass is 79.9. The maximum absolute atomic E-state index is 12.7. The summed E-state index contributed by atoms with van der Waals surface area (Å²) in [7, 11) is 0. The number of thioether (sulfide) groups is 1. The Balaban J connectivity index is 2.22. The minimum absolute atomic E-state index is 0.200. The Kier molecular flexibility index (Phi) is 5.35. The molecule has 4 nitrogen and oxygen atoms in total. The number of carboxylic acid groups (broad SMARTS) is 1. The van der Waals surface area contributed by atoms with Crippen LogP contribution in [-0.4, -0.2) is 26.6 Å². The lowest BCUT2D eigenvalue weighted by Crippen LogP contribution is -2.05. The van der Waals surface area contributed by atoms with E-state index in [-0.39, 0.29) is 11.4 Å². The van der Waals surface area contributed by atoms with Gasteiger partial charge in [0.05, 0.1) is 17.3 Å². The number of hydrogen-bond donors (Lipinski definition) is 1. The average Bonchev–Trinajstić information content (AvgIpc) is 2.82. The number of benzene rings is 1. The van der Waals surface area contributed by atoms with Crippen LogP contribution in [0.1, 0.15) is 17.7 Å². The van der Waals surface area contributed by atoms with Crippen LogP contribution in [0.4, 0.5) is 8.78 Å². The largest absolute Gasteiger partial charge is 0.481 e. The Morgan fingerprint density at radius 3 is 2.62 bits per heavy atom. The second kappa shape index (κ2) is 7.04. The van der Waals surface area contributed by atoms with E-state index in [2.05, 4.69) is 21.0 Å². The lowest BCUT2D eigenvalue weighted by molar-refractivity contribution is -0.133. The van der Waals surface area contributed by atoms with Gasteiger partial charge in [0.2, 0.25) is 0 Å². The maximum Gasteiger partial charge on any atom is 0.313 e. The van der Waals surface area contributed by atoms with E-state index in [0.717, 1.165) is 21.8 Å². The molecule has 0 atom stereocenters. The molecule has 112 valence electrons. The van der Waals surface area contributed by atoms with Crippen LogP contribution < -0.4 is 0 Å². The summed E-state index contributed by atoms with van der Waals surface area (Å²) < 4.78 is 27.8. The van der Waals surface area contributed by atoms with Crippen LogP contribution in [0, 0.1) is 0 Å². The molecule has 0 aliphatic heterocycles. The summed E-state index contributed by atoms with van der Waals surface area (Å²) >= 11 is 4.29. The Bertz CT molecular complexity index is 632. The first kappa shape index (κ1) is 16.0. The molecule has 1 heterocycles. The van der Waals surface area contributed by atoms with E-state index in [1.807, 2.05) is 24.3 Å². The Labute approximate surface area is 132 Å². The first-order valence-corrected chi connectivity index (χ1v) is 7.68. The van der Waals surface area contributed by atoms with Crippen molar-refractivity contribution in [1.29, 1.82) is 0 Å². The summed E-state index contributed by atoms with van der Waals surface area (Å²) in [6.45, 7) is 0.307. The van der Waals surface area contributed by atoms with Crippen molar-refractivity contribution in [3.05, 3.63) is 46.1 Å². The third-order valence-electron chi connectivity index (χ3n) is 2.57. The van der Waals surface area contributed by atoms with Gasteiger partial charge in [0.15, 0.2) is 0 Å². The molecule has 0 saturated carbocycles. The molecule has 0 saturated heterocycles. The predicted molar refractivity (Wildman–Crippen MR) is 78.8 cm³/mol. The number of carboxylic acids is 1. The minimum atomic E-state index is -2.68. The van der Waals surface area contributed by atoms with Gasteiger partial charge >= 0.3 is 5.97 Å². The molecule has 1 aromatic heterocycles. The van der Waals surface area contributed by atoms with Crippen molar-refractivity contribution in [2.24, 2.45) is 0 Å². The third-order valence-corrected chi connectivity index (χ3v) is 4.12. The first-order chi connectivity index (χ1) is 9.95. The molecule has 0 aliphatic rings. The summed E-state index contributed by atoms with van der Waals surface area (Å²) in [5, 5.41) is 13.0. The molecular formula is C13H11BrF2N2O2S. The number of hydrogen-bond acceptors (Lipinski definition) is 3. The summed E-state index contributed by atoms with van der Waals surface area (Å²) in [6, 6.07) is 8.61. The predicted octanol–water partition coefficient (Wildman–Crippen LogP) is 3.81. The molecule has 0 amide bonds. The van der Waals surface area contributed by atoms with Crippen LogP contribution in [0.2, 0.25) is 0 Å². The lowest BCUT2D eigenvalue weighted by Gasteiger charge is -2.06. The summed E-state index contributed by atoms with van der Waals surface area (Å²) in [5.41, 5.74) is 0.541. The Morgan fingerprint density at radius 1 is 1.38 bits per heavy atom. The highest BCUT2D eigenvalue weighted by Gasteiger charge is 2.16.